The van der Waals surface area contributed by atoms with Gasteiger partial charge in [0, 0.05) is 52.1 Å². The highest BCUT2D eigenvalue weighted by molar-refractivity contribution is 7.98. The summed E-state index contributed by atoms with van der Waals surface area (Å²) in [5.41, 5.74) is 4.44. The van der Waals surface area contributed by atoms with Crippen molar-refractivity contribution in [3.05, 3.63) is 59.2 Å². The molecule has 2 N–H and O–H groups in total. The molecule has 2 aromatic carbocycles. The standard InChI is InChI=1S/C33H46N2O5S.C3H8O/c1-23-9-7-8-12-28(23)30-17-25(13-14-29(30)32(36)34-31(33(37)38)15-16-41-3)19-35-20-27(39-2)18-26(35)22-40-21-24-10-5-4-6-11-24;1-3-4-2/h7-9,12-14,17,24,26-27,31H,4-6,10-11,15-16,18-22H2,1-3H3,(H,34,36)(H,37,38);3H2,1-2H3. The Labute approximate surface area is 274 Å². The third-order valence-corrected chi connectivity index (χ3v) is 9.51. The number of amides is 1. The number of hydrogen-bond donors (Lipinski definition) is 2. The number of aliphatic carboxylic acids is 1. The molecule has 45 heavy (non-hydrogen) atoms. The van der Waals surface area contributed by atoms with Gasteiger partial charge in [0.2, 0.25) is 0 Å². The van der Waals surface area contributed by atoms with Gasteiger partial charge in [0.1, 0.15) is 6.04 Å². The number of thioether (sulfide) groups is 1. The van der Waals surface area contributed by atoms with E-state index in [9.17, 15) is 14.7 Å². The molecule has 1 saturated heterocycles. The van der Waals surface area contributed by atoms with Crippen LogP contribution in [0.1, 0.15) is 73.4 Å². The number of carboxylic acid groups (broad SMARTS) is 1. The molecule has 0 spiro atoms. The highest BCUT2D eigenvalue weighted by atomic mass is 32.2. The molecule has 4 rings (SSSR count). The summed E-state index contributed by atoms with van der Waals surface area (Å²) in [6, 6.07) is 13.3. The maximum absolute atomic E-state index is 13.4. The molecule has 0 aromatic heterocycles. The van der Waals surface area contributed by atoms with E-state index in [1.54, 1.807) is 26.0 Å². The number of rotatable bonds is 15. The number of likely N-dealkylation sites (tertiary alicyclic amines) is 1. The summed E-state index contributed by atoms with van der Waals surface area (Å²) >= 11 is 1.57. The van der Waals surface area contributed by atoms with Crippen molar-refractivity contribution in [2.45, 2.75) is 83.5 Å². The molecule has 2 fully saturated rings. The topological polar surface area (TPSA) is 97.3 Å². The third-order valence-electron chi connectivity index (χ3n) is 8.86. The Hall–Kier alpha value is -2.43. The Morgan fingerprint density at radius 2 is 1.80 bits per heavy atom. The zero-order valence-corrected chi connectivity index (χ0v) is 28.7. The molecule has 1 heterocycles. The van der Waals surface area contributed by atoms with E-state index >= 15 is 0 Å². The van der Waals surface area contributed by atoms with Gasteiger partial charge in [0.15, 0.2) is 0 Å². The maximum Gasteiger partial charge on any atom is 0.326 e. The van der Waals surface area contributed by atoms with E-state index in [1.165, 1.54) is 32.1 Å². The van der Waals surface area contributed by atoms with Crippen LogP contribution in [-0.2, 0) is 25.5 Å². The lowest BCUT2D eigenvalue weighted by atomic mass is 9.90. The van der Waals surface area contributed by atoms with Gasteiger partial charge in [-0.25, -0.2) is 4.79 Å². The van der Waals surface area contributed by atoms with Crippen LogP contribution >= 0.6 is 11.8 Å². The van der Waals surface area contributed by atoms with Crippen LogP contribution in [0.2, 0.25) is 0 Å². The molecule has 8 nitrogen and oxygen atoms in total. The zero-order chi connectivity index (χ0) is 32.6. The Morgan fingerprint density at radius 1 is 1.07 bits per heavy atom. The first-order valence-electron chi connectivity index (χ1n) is 16.4. The third kappa shape index (κ3) is 11.7. The highest BCUT2D eigenvalue weighted by Gasteiger charge is 2.33. The van der Waals surface area contributed by atoms with Crippen molar-refractivity contribution < 1.29 is 28.9 Å². The molecule has 3 unspecified atom stereocenters. The number of benzene rings is 2. The summed E-state index contributed by atoms with van der Waals surface area (Å²) in [6.45, 7) is 7.92. The summed E-state index contributed by atoms with van der Waals surface area (Å²) in [6.07, 6.45) is 9.97. The van der Waals surface area contributed by atoms with Crippen molar-refractivity contribution in [3.63, 3.8) is 0 Å². The molecule has 1 aliphatic carbocycles. The first-order valence-corrected chi connectivity index (χ1v) is 17.8. The highest BCUT2D eigenvalue weighted by Crippen LogP contribution is 2.31. The number of nitrogens with one attached hydrogen (secondary N) is 1. The van der Waals surface area contributed by atoms with Crippen molar-refractivity contribution in [1.82, 2.24) is 10.2 Å². The fourth-order valence-corrected chi connectivity index (χ4v) is 6.62. The Morgan fingerprint density at radius 3 is 2.44 bits per heavy atom. The van der Waals surface area contributed by atoms with Crippen molar-refractivity contribution in [3.8, 4) is 11.1 Å². The minimum atomic E-state index is -1.01. The summed E-state index contributed by atoms with van der Waals surface area (Å²) in [5.74, 6) is -0.0310. The second-order valence-electron chi connectivity index (χ2n) is 12.1. The second kappa shape index (κ2) is 19.9. The van der Waals surface area contributed by atoms with Crippen LogP contribution in [0.25, 0.3) is 11.1 Å². The number of carboxylic acids is 1. The van der Waals surface area contributed by atoms with Crippen LogP contribution in [0, 0.1) is 12.8 Å². The fourth-order valence-electron chi connectivity index (χ4n) is 6.15. The fraction of sp³-hybridized carbons (Fsp3) is 0.611. The molecule has 1 saturated carbocycles. The number of aryl methyl sites for hydroxylation is 1. The van der Waals surface area contributed by atoms with E-state index in [4.69, 9.17) is 9.47 Å². The van der Waals surface area contributed by atoms with Crippen LogP contribution in [0.15, 0.2) is 42.5 Å². The number of carbonyl (C=O) groups excluding carboxylic acids is 1. The number of ether oxygens (including phenoxy) is 3. The van der Waals surface area contributed by atoms with E-state index in [2.05, 4.69) is 21.0 Å². The largest absolute Gasteiger partial charge is 0.480 e. The Kier molecular flexibility index (Phi) is 16.4. The van der Waals surface area contributed by atoms with Gasteiger partial charge in [-0.3, -0.25) is 9.69 Å². The molecule has 3 atom stereocenters. The normalized spacial score (nSPS) is 19.5. The molecule has 0 radical (unpaired) electrons. The lowest BCUT2D eigenvalue weighted by Gasteiger charge is -2.26. The number of nitrogens with zero attached hydrogens (tertiary/aromatic N) is 1. The minimum Gasteiger partial charge on any atom is -0.480 e. The number of carbonyl (C=O) groups is 2. The Bertz CT molecular complexity index is 1190. The zero-order valence-electron chi connectivity index (χ0n) is 27.9. The van der Waals surface area contributed by atoms with Crippen LogP contribution < -0.4 is 5.32 Å². The van der Waals surface area contributed by atoms with Crippen LogP contribution in [0.5, 0.6) is 0 Å². The second-order valence-corrected chi connectivity index (χ2v) is 13.1. The molecule has 250 valence electrons. The smallest absolute Gasteiger partial charge is 0.326 e. The lowest BCUT2D eigenvalue weighted by molar-refractivity contribution is -0.139. The molecular formula is C36H54N2O6S. The molecule has 2 aliphatic rings. The first kappa shape index (κ1) is 37.0. The predicted octanol–water partition coefficient (Wildman–Crippen LogP) is 6.44. The molecule has 9 heteroatoms. The van der Waals surface area contributed by atoms with Gasteiger partial charge in [0.05, 0.1) is 12.7 Å². The minimum absolute atomic E-state index is 0.174. The molecule has 0 bridgehead atoms. The monoisotopic (exact) mass is 642 g/mol. The van der Waals surface area contributed by atoms with Gasteiger partial charge in [0.25, 0.3) is 5.91 Å². The van der Waals surface area contributed by atoms with Crippen molar-refractivity contribution in [1.29, 1.82) is 0 Å². The van der Waals surface area contributed by atoms with Crippen LogP contribution in [0.4, 0.5) is 0 Å². The van der Waals surface area contributed by atoms with Crippen LogP contribution in [0.3, 0.4) is 0 Å². The average molecular weight is 643 g/mol. The van der Waals surface area contributed by atoms with Crippen molar-refractivity contribution >= 4 is 23.6 Å². The van der Waals surface area contributed by atoms with E-state index in [0.717, 1.165) is 55.0 Å². The van der Waals surface area contributed by atoms with Crippen molar-refractivity contribution in [2.75, 3.05) is 52.6 Å². The van der Waals surface area contributed by atoms with Gasteiger partial charge in [-0.1, -0.05) is 49.6 Å². The van der Waals surface area contributed by atoms with E-state index in [-0.39, 0.29) is 18.1 Å². The molecule has 1 aliphatic heterocycles. The van der Waals surface area contributed by atoms with Gasteiger partial charge in [-0.2, -0.15) is 11.8 Å². The summed E-state index contributed by atoms with van der Waals surface area (Å²) in [5, 5.41) is 12.4. The number of methoxy groups -OCH3 is 2. The Balaban J connectivity index is 0.00000130. The van der Waals surface area contributed by atoms with E-state index in [0.29, 0.717) is 30.3 Å². The van der Waals surface area contributed by atoms with E-state index < -0.39 is 12.0 Å². The predicted molar refractivity (Wildman–Crippen MR) is 183 cm³/mol. The average Bonchev–Trinajstić information content (AvgIpc) is 3.44. The quantitative estimate of drug-likeness (QED) is 0.229. The van der Waals surface area contributed by atoms with Gasteiger partial charge in [-0.05, 0) is 91.8 Å². The van der Waals surface area contributed by atoms with Gasteiger partial charge in [-0.15, -0.1) is 0 Å². The summed E-state index contributed by atoms with van der Waals surface area (Å²) < 4.78 is 16.6. The molecule has 2 aromatic rings. The van der Waals surface area contributed by atoms with Gasteiger partial charge < -0.3 is 24.6 Å². The SMILES string of the molecule is CCOC.COC1CC(COCC2CCCCC2)N(Cc2ccc(C(=O)NC(CCSC)C(=O)O)c(-c3ccccc3C)c2)C1. The molecule has 1 amide bonds. The summed E-state index contributed by atoms with van der Waals surface area (Å²) in [4.78, 5) is 27.7. The molecular weight excluding hydrogens is 588 g/mol. The lowest BCUT2D eigenvalue weighted by Crippen LogP contribution is -2.41. The van der Waals surface area contributed by atoms with Crippen LogP contribution in [-0.4, -0.2) is 92.7 Å². The number of hydrogen-bond acceptors (Lipinski definition) is 7. The van der Waals surface area contributed by atoms with Gasteiger partial charge >= 0.3 is 5.97 Å². The van der Waals surface area contributed by atoms with E-state index in [1.807, 2.05) is 56.5 Å². The summed E-state index contributed by atoms with van der Waals surface area (Å²) in [7, 11) is 3.46. The maximum atomic E-state index is 13.4. The van der Waals surface area contributed by atoms with Crippen molar-refractivity contribution in [2.24, 2.45) is 5.92 Å². The first-order chi connectivity index (χ1) is 21.8.